The van der Waals surface area contributed by atoms with Crippen LogP contribution in [0.5, 0.6) is 0 Å². The summed E-state index contributed by atoms with van der Waals surface area (Å²) in [6.45, 7) is 4.13. The second-order valence-corrected chi connectivity index (χ2v) is 10.4. The number of hydrogen-bond acceptors (Lipinski definition) is 5. The molecule has 7 heteroatoms. The van der Waals surface area contributed by atoms with Crippen molar-refractivity contribution in [3.63, 3.8) is 0 Å². The van der Waals surface area contributed by atoms with E-state index >= 15 is 0 Å². The lowest BCUT2D eigenvalue weighted by Gasteiger charge is -2.10. The zero-order valence-electron chi connectivity index (χ0n) is 17.8. The number of para-hydroxylation sites is 2. The molecule has 158 valence electrons. The molecule has 0 radical (unpaired) electrons. The molecule has 0 amide bonds. The molecular weight excluding hydrogens is 436 g/mol. The Kier molecular flexibility index (Phi) is 4.36. The zero-order valence-corrected chi connectivity index (χ0v) is 19.4. The van der Waals surface area contributed by atoms with Crippen molar-refractivity contribution in [1.82, 2.24) is 14.0 Å². The molecule has 0 saturated heterocycles. The lowest BCUT2D eigenvalue weighted by molar-refractivity contribution is 0.695. The predicted octanol–water partition coefficient (Wildman–Crippen LogP) is 4.68. The number of hydrogen-bond donors (Lipinski definition) is 0. The molecule has 1 aliphatic rings. The Balaban J connectivity index is 1.53. The summed E-state index contributed by atoms with van der Waals surface area (Å²) >= 11 is 3.17. The molecule has 0 bridgehead atoms. The lowest BCUT2D eigenvalue weighted by Crippen LogP contribution is -2.22. The number of fused-ring (bicyclic) bond motifs is 4. The van der Waals surface area contributed by atoms with Crippen LogP contribution in [0.4, 0.5) is 0 Å². The topological polar surface area (TPSA) is 63.1 Å². The lowest BCUT2D eigenvalue weighted by atomic mass is 9.96. The van der Waals surface area contributed by atoms with Crippen molar-refractivity contribution >= 4 is 44.7 Å². The van der Waals surface area contributed by atoms with Gasteiger partial charge in [0.15, 0.2) is 4.96 Å². The summed E-state index contributed by atoms with van der Waals surface area (Å²) in [5, 5.41) is 10.9. The van der Waals surface area contributed by atoms with Crippen molar-refractivity contribution in [2.24, 2.45) is 0 Å². The highest BCUT2D eigenvalue weighted by Crippen LogP contribution is 2.38. The van der Waals surface area contributed by atoms with Crippen molar-refractivity contribution in [1.29, 1.82) is 5.26 Å². The minimum Gasteiger partial charge on any atom is -0.308 e. The molecule has 32 heavy (non-hydrogen) atoms. The van der Waals surface area contributed by atoms with Crippen LogP contribution in [0.2, 0.25) is 0 Å². The third kappa shape index (κ3) is 2.73. The summed E-state index contributed by atoms with van der Waals surface area (Å²) in [6, 6.07) is 12.3. The van der Waals surface area contributed by atoms with Crippen molar-refractivity contribution < 1.29 is 0 Å². The number of thiazole rings is 1. The van der Waals surface area contributed by atoms with Gasteiger partial charge in [-0.05, 0) is 74.9 Å². The summed E-state index contributed by atoms with van der Waals surface area (Å²) in [4.78, 5) is 19.9. The number of nitriles is 1. The van der Waals surface area contributed by atoms with E-state index in [1.807, 2.05) is 30.3 Å². The van der Waals surface area contributed by atoms with Crippen molar-refractivity contribution in [2.45, 2.75) is 39.5 Å². The average Bonchev–Trinajstić information content (AvgIpc) is 3.49. The molecule has 4 aromatic heterocycles. The maximum absolute atomic E-state index is 13.2. The molecule has 0 saturated carbocycles. The Morgan fingerprint density at radius 3 is 2.81 bits per heavy atom. The van der Waals surface area contributed by atoms with Crippen LogP contribution in [-0.2, 0) is 12.8 Å². The van der Waals surface area contributed by atoms with Gasteiger partial charge in [0.2, 0.25) is 0 Å². The van der Waals surface area contributed by atoms with E-state index in [0.717, 1.165) is 57.8 Å². The molecule has 5 aromatic rings. The van der Waals surface area contributed by atoms with E-state index in [2.05, 4.69) is 35.5 Å². The van der Waals surface area contributed by atoms with Crippen LogP contribution in [0.3, 0.4) is 0 Å². The van der Waals surface area contributed by atoms with Crippen LogP contribution in [0.1, 0.15) is 45.8 Å². The van der Waals surface area contributed by atoms with Crippen molar-refractivity contribution in [3.8, 4) is 11.1 Å². The molecule has 0 spiro atoms. The van der Waals surface area contributed by atoms with Gasteiger partial charge in [0, 0.05) is 16.3 Å². The Labute approximate surface area is 192 Å². The SMILES string of the molecule is Cc1cc(C=c2sc3nc4ccccc4n3c2=O)c(C)n1-c1sc2c(c1C#N)CCCC2. The number of aromatic nitrogens is 3. The van der Waals surface area contributed by atoms with Crippen LogP contribution in [0.15, 0.2) is 35.1 Å². The smallest absolute Gasteiger partial charge is 0.274 e. The first-order valence-electron chi connectivity index (χ1n) is 10.7. The summed E-state index contributed by atoms with van der Waals surface area (Å²) in [7, 11) is 0. The second-order valence-electron chi connectivity index (χ2n) is 8.30. The highest BCUT2D eigenvalue weighted by atomic mass is 32.1. The standard InChI is InChI=1S/C25H20N4OS2/c1-14-11-16(12-22-23(30)29-20-9-5-4-8-19(20)27-25(29)32-22)15(2)28(14)24-18(13-26)17-7-3-6-10-21(17)31-24/h4-5,8-9,11-12H,3,6-7,10H2,1-2H3. The van der Waals surface area contributed by atoms with Gasteiger partial charge in [0.05, 0.1) is 21.1 Å². The van der Waals surface area contributed by atoms with Crippen LogP contribution >= 0.6 is 22.7 Å². The van der Waals surface area contributed by atoms with E-state index < -0.39 is 0 Å². The number of aryl methyl sites for hydroxylation is 2. The molecule has 0 N–H and O–H groups in total. The van der Waals surface area contributed by atoms with Crippen LogP contribution in [0, 0.1) is 25.2 Å². The van der Waals surface area contributed by atoms with Gasteiger partial charge in [-0.3, -0.25) is 4.79 Å². The van der Waals surface area contributed by atoms with Gasteiger partial charge in [-0.15, -0.1) is 11.3 Å². The first kappa shape index (κ1) is 19.5. The number of benzene rings is 1. The maximum Gasteiger partial charge on any atom is 0.274 e. The number of imidazole rings is 1. The van der Waals surface area contributed by atoms with Gasteiger partial charge in [-0.2, -0.15) is 5.26 Å². The van der Waals surface area contributed by atoms with Gasteiger partial charge >= 0.3 is 0 Å². The summed E-state index contributed by atoms with van der Waals surface area (Å²) in [5.74, 6) is 0. The van der Waals surface area contributed by atoms with E-state index in [9.17, 15) is 10.1 Å². The molecule has 0 unspecified atom stereocenters. The van der Waals surface area contributed by atoms with Crippen molar-refractivity contribution in [2.75, 3.05) is 0 Å². The maximum atomic E-state index is 13.2. The van der Waals surface area contributed by atoms with Gasteiger partial charge in [-0.1, -0.05) is 23.5 Å². The molecular formula is C25H20N4OS2. The zero-order chi connectivity index (χ0) is 22.0. The second kappa shape index (κ2) is 7.16. The van der Waals surface area contributed by atoms with Gasteiger partial charge in [0.25, 0.3) is 5.56 Å². The first-order chi connectivity index (χ1) is 15.6. The monoisotopic (exact) mass is 456 g/mol. The third-order valence-electron chi connectivity index (χ3n) is 6.37. The molecule has 4 heterocycles. The Morgan fingerprint density at radius 1 is 1.16 bits per heavy atom. The predicted molar refractivity (Wildman–Crippen MR) is 130 cm³/mol. The fraction of sp³-hybridized carbons (Fsp3) is 0.240. The normalized spacial score (nSPS) is 14.3. The molecule has 1 aliphatic carbocycles. The Morgan fingerprint density at radius 2 is 1.97 bits per heavy atom. The largest absolute Gasteiger partial charge is 0.308 e. The molecule has 1 aromatic carbocycles. The van der Waals surface area contributed by atoms with Crippen LogP contribution < -0.4 is 10.1 Å². The third-order valence-corrected chi connectivity index (χ3v) is 8.62. The number of nitrogens with zero attached hydrogens (tertiary/aromatic N) is 4. The highest BCUT2D eigenvalue weighted by molar-refractivity contribution is 7.15. The minimum atomic E-state index is -0.0344. The molecule has 6 rings (SSSR count). The fourth-order valence-electron chi connectivity index (χ4n) is 4.82. The van der Waals surface area contributed by atoms with Gasteiger partial charge in [-0.25, -0.2) is 9.38 Å². The number of rotatable bonds is 2. The quantitative estimate of drug-likeness (QED) is 0.388. The van der Waals surface area contributed by atoms with Gasteiger partial charge in [0.1, 0.15) is 11.1 Å². The van der Waals surface area contributed by atoms with Crippen LogP contribution in [-0.4, -0.2) is 14.0 Å². The number of thiophene rings is 1. The first-order valence-corrected chi connectivity index (χ1v) is 12.4. The van der Waals surface area contributed by atoms with E-state index in [4.69, 9.17) is 0 Å². The Hall–Kier alpha value is -3.21. The van der Waals surface area contributed by atoms with Crippen LogP contribution in [0.25, 0.3) is 27.1 Å². The van der Waals surface area contributed by atoms with E-state index in [-0.39, 0.29) is 5.56 Å². The molecule has 0 atom stereocenters. The fourth-order valence-corrected chi connectivity index (χ4v) is 7.25. The minimum absolute atomic E-state index is 0.0344. The van der Waals surface area contributed by atoms with E-state index in [0.29, 0.717) is 9.49 Å². The molecule has 0 fully saturated rings. The summed E-state index contributed by atoms with van der Waals surface area (Å²) < 4.78 is 4.56. The highest BCUT2D eigenvalue weighted by Gasteiger charge is 2.23. The Bertz CT molecular complexity index is 1690. The molecule has 5 nitrogen and oxygen atoms in total. The van der Waals surface area contributed by atoms with Crippen molar-refractivity contribution in [3.05, 3.63) is 78.2 Å². The van der Waals surface area contributed by atoms with E-state index in [1.165, 1.54) is 28.2 Å². The average molecular weight is 457 g/mol. The van der Waals surface area contributed by atoms with Gasteiger partial charge < -0.3 is 4.57 Å². The summed E-state index contributed by atoms with van der Waals surface area (Å²) in [5.41, 5.74) is 6.84. The molecule has 0 aliphatic heterocycles. The summed E-state index contributed by atoms with van der Waals surface area (Å²) in [6.07, 6.45) is 6.38. The van der Waals surface area contributed by atoms with E-state index in [1.54, 1.807) is 15.7 Å².